The van der Waals surface area contributed by atoms with Gasteiger partial charge < -0.3 is 10.1 Å². The Morgan fingerprint density at radius 2 is 1.68 bits per heavy atom. The third-order valence-electron chi connectivity index (χ3n) is 5.99. The summed E-state index contributed by atoms with van der Waals surface area (Å²) >= 11 is 2.86. The zero-order valence-corrected chi connectivity index (χ0v) is 20.3. The van der Waals surface area contributed by atoms with E-state index < -0.39 is 0 Å². The van der Waals surface area contributed by atoms with Crippen LogP contribution < -0.4 is 14.9 Å². The Kier molecular flexibility index (Phi) is 6.56. The molecule has 2 atom stereocenters. The first-order chi connectivity index (χ1) is 16.6. The molecule has 7 heteroatoms. The number of hydrogen-bond donors (Lipinski definition) is 1. The molecule has 0 saturated heterocycles. The molecule has 172 valence electrons. The maximum atomic E-state index is 13.5. The van der Waals surface area contributed by atoms with Gasteiger partial charge >= 0.3 is 4.87 Å². The highest BCUT2D eigenvalue weighted by atomic mass is 32.2. The number of thiazole rings is 1. The molecule has 1 aliphatic heterocycles. The Morgan fingerprint density at radius 3 is 2.35 bits per heavy atom. The van der Waals surface area contributed by atoms with E-state index in [9.17, 15) is 9.59 Å². The Bertz CT molecular complexity index is 1330. The minimum Gasteiger partial charge on any atom is -0.497 e. The molecule has 5 rings (SSSR count). The summed E-state index contributed by atoms with van der Waals surface area (Å²) in [5, 5.41) is 4.04. The van der Waals surface area contributed by atoms with Gasteiger partial charge in [-0.05, 0) is 35.4 Å². The van der Waals surface area contributed by atoms with Crippen LogP contribution in [0.3, 0.4) is 0 Å². The van der Waals surface area contributed by atoms with Crippen molar-refractivity contribution in [2.75, 3.05) is 18.2 Å². The number of fused-ring (bicyclic) bond motifs is 1. The highest BCUT2D eigenvalue weighted by molar-refractivity contribution is 7.99. The number of thioether (sulfide) groups is 1. The lowest BCUT2D eigenvalue weighted by atomic mass is 9.85. The molecule has 1 N–H and O–H groups in total. The monoisotopic (exact) mass is 488 g/mol. The molecule has 0 saturated carbocycles. The molecule has 0 fully saturated rings. The zero-order valence-electron chi connectivity index (χ0n) is 18.6. The van der Waals surface area contributed by atoms with Crippen LogP contribution in [0.25, 0.3) is 0 Å². The molecule has 0 bridgehead atoms. The molecule has 0 unspecified atom stereocenters. The van der Waals surface area contributed by atoms with Crippen molar-refractivity contribution in [2.24, 2.45) is 5.92 Å². The number of carbonyl (C=O) groups excluding carboxylic acids is 1. The van der Waals surface area contributed by atoms with Crippen LogP contribution in [0.4, 0.5) is 5.69 Å². The predicted octanol–water partition coefficient (Wildman–Crippen LogP) is 5.46. The number of ether oxygens (including phenoxy) is 1. The van der Waals surface area contributed by atoms with Gasteiger partial charge in [-0.2, -0.15) is 0 Å². The lowest BCUT2D eigenvalue weighted by Gasteiger charge is -2.31. The van der Waals surface area contributed by atoms with Gasteiger partial charge in [0.15, 0.2) is 0 Å². The van der Waals surface area contributed by atoms with E-state index in [4.69, 9.17) is 4.74 Å². The summed E-state index contributed by atoms with van der Waals surface area (Å²) in [5.41, 5.74) is 2.86. The van der Waals surface area contributed by atoms with Gasteiger partial charge in [0, 0.05) is 22.2 Å². The minimum absolute atomic E-state index is 0.0125. The van der Waals surface area contributed by atoms with E-state index in [1.54, 1.807) is 18.9 Å². The number of rotatable bonds is 6. The molecule has 4 aromatic rings. The highest BCUT2D eigenvalue weighted by Gasteiger charge is 2.39. The summed E-state index contributed by atoms with van der Waals surface area (Å²) in [6.45, 7) is 0.530. The van der Waals surface area contributed by atoms with E-state index in [0.29, 0.717) is 12.3 Å². The number of hydrogen-bond acceptors (Lipinski definition) is 5. The van der Waals surface area contributed by atoms with Gasteiger partial charge in [0.2, 0.25) is 5.91 Å². The molecule has 3 aromatic carbocycles. The van der Waals surface area contributed by atoms with Gasteiger partial charge in [-0.3, -0.25) is 14.2 Å². The quantitative estimate of drug-likeness (QED) is 0.392. The van der Waals surface area contributed by atoms with Crippen molar-refractivity contribution >= 4 is 34.7 Å². The number of carbonyl (C=O) groups is 1. The lowest BCUT2D eigenvalue weighted by Crippen LogP contribution is -2.33. The molecule has 1 amide bonds. The van der Waals surface area contributed by atoms with E-state index in [1.165, 1.54) is 11.3 Å². The van der Waals surface area contributed by atoms with E-state index in [-0.39, 0.29) is 22.6 Å². The van der Waals surface area contributed by atoms with Crippen LogP contribution in [0.2, 0.25) is 0 Å². The number of anilines is 1. The van der Waals surface area contributed by atoms with Gasteiger partial charge in [0.25, 0.3) is 0 Å². The van der Waals surface area contributed by atoms with Crippen LogP contribution in [0.5, 0.6) is 5.75 Å². The fourth-order valence-corrected chi connectivity index (χ4v) is 6.98. The predicted molar refractivity (Wildman–Crippen MR) is 138 cm³/mol. The maximum Gasteiger partial charge on any atom is 0.308 e. The summed E-state index contributed by atoms with van der Waals surface area (Å²) in [6.07, 6.45) is 0. The topological polar surface area (TPSA) is 60.3 Å². The lowest BCUT2D eigenvalue weighted by molar-refractivity contribution is -0.119. The molecule has 1 aromatic heterocycles. The molecule has 1 aliphatic rings. The van der Waals surface area contributed by atoms with Gasteiger partial charge in [-0.15, -0.1) is 11.8 Å². The summed E-state index contributed by atoms with van der Waals surface area (Å²) in [4.78, 5) is 27.5. The smallest absolute Gasteiger partial charge is 0.308 e. The standard InChI is InChI=1S/C27H24N2O3S2/c1-32-21-14-12-20(13-15-21)28-25(30)22-17-33-26-24(23(22)19-10-6-3-7-11-19)34-27(31)29(26)16-18-8-4-2-5-9-18/h2-15,22-23H,16-17H2,1H3,(H,28,30)/t22-,23+/m1/s1. The van der Waals surface area contributed by atoms with Crippen molar-refractivity contribution in [3.8, 4) is 5.75 Å². The molecular weight excluding hydrogens is 464 g/mol. The van der Waals surface area contributed by atoms with Crippen molar-refractivity contribution in [3.05, 3.63) is 111 Å². The van der Waals surface area contributed by atoms with Crippen LogP contribution >= 0.6 is 23.1 Å². The fourth-order valence-electron chi connectivity index (χ4n) is 4.28. The zero-order chi connectivity index (χ0) is 23.5. The second-order valence-electron chi connectivity index (χ2n) is 8.13. The van der Waals surface area contributed by atoms with Gasteiger partial charge in [0.05, 0.1) is 24.6 Å². The van der Waals surface area contributed by atoms with E-state index in [0.717, 1.165) is 32.5 Å². The number of benzene rings is 3. The van der Waals surface area contributed by atoms with Crippen molar-refractivity contribution in [2.45, 2.75) is 17.5 Å². The van der Waals surface area contributed by atoms with E-state index >= 15 is 0 Å². The molecule has 0 aliphatic carbocycles. The van der Waals surface area contributed by atoms with E-state index in [1.807, 2.05) is 89.5 Å². The van der Waals surface area contributed by atoms with Gasteiger partial charge in [-0.25, -0.2) is 0 Å². The first-order valence-corrected chi connectivity index (χ1v) is 12.8. The Balaban J connectivity index is 1.49. The second kappa shape index (κ2) is 9.91. The molecule has 5 nitrogen and oxygen atoms in total. The fraction of sp³-hybridized carbons (Fsp3) is 0.185. The van der Waals surface area contributed by atoms with Crippen LogP contribution in [0.15, 0.2) is 94.7 Å². The number of nitrogens with zero attached hydrogens (tertiary/aromatic N) is 1. The maximum absolute atomic E-state index is 13.5. The van der Waals surface area contributed by atoms with Crippen molar-refractivity contribution < 1.29 is 9.53 Å². The van der Waals surface area contributed by atoms with Gasteiger partial charge in [-0.1, -0.05) is 72.0 Å². The minimum atomic E-state index is -0.301. The Labute approximate surface area is 206 Å². The normalized spacial score (nSPS) is 17.1. The number of aromatic nitrogens is 1. The summed E-state index contributed by atoms with van der Waals surface area (Å²) in [5.74, 6) is 0.810. The Hall–Kier alpha value is -3.29. The van der Waals surface area contributed by atoms with Crippen LogP contribution in [-0.4, -0.2) is 23.3 Å². The summed E-state index contributed by atoms with van der Waals surface area (Å²) in [6, 6.07) is 27.4. The first-order valence-electron chi connectivity index (χ1n) is 11.0. The van der Waals surface area contributed by atoms with Crippen molar-refractivity contribution in [3.63, 3.8) is 0 Å². The molecule has 0 spiro atoms. The van der Waals surface area contributed by atoms with Crippen LogP contribution in [-0.2, 0) is 11.3 Å². The highest BCUT2D eigenvalue weighted by Crippen LogP contribution is 2.46. The molecule has 2 heterocycles. The first kappa shape index (κ1) is 22.5. The van der Waals surface area contributed by atoms with Crippen LogP contribution in [0.1, 0.15) is 21.9 Å². The third kappa shape index (κ3) is 4.54. The largest absolute Gasteiger partial charge is 0.497 e. The van der Waals surface area contributed by atoms with Crippen molar-refractivity contribution in [1.82, 2.24) is 4.57 Å². The van der Waals surface area contributed by atoms with Crippen molar-refractivity contribution in [1.29, 1.82) is 0 Å². The number of amides is 1. The van der Waals surface area contributed by atoms with E-state index in [2.05, 4.69) is 5.32 Å². The molecule has 0 radical (unpaired) electrons. The second-order valence-corrected chi connectivity index (χ2v) is 10.1. The molecular formula is C27H24N2O3S2. The van der Waals surface area contributed by atoms with Crippen LogP contribution in [0, 0.1) is 5.92 Å². The third-order valence-corrected chi connectivity index (χ3v) is 8.43. The molecule has 34 heavy (non-hydrogen) atoms. The number of nitrogens with one attached hydrogen (secondary N) is 1. The Morgan fingerprint density at radius 1 is 1.00 bits per heavy atom. The summed E-state index contributed by atoms with van der Waals surface area (Å²) in [7, 11) is 1.62. The number of methoxy groups -OCH3 is 1. The van der Waals surface area contributed by atoms with Gasteiger partial charge in [0.1, 0.15) is 5.75 Å². The average molecular weight is 489 g/mol. The average Bonchev–Trinajstić information content (AvgIpc) is 3.19. The SMILES string of the molecule is COc1ccc(NC(=O)[C@@H]2CSc3c(sc(=O)n3Cc3ccccc3)[C@H]2c2ccccc2)cc1. The summed E-state index contributed by atoms with van der Waals surface area (Å²) < 4.78 is 7.07.